The highest BCUT2D eigenvalue weighted by atomic mass is 16.5. The Labute approximate surface area is 189 Å². The van der Waals surface area contributed by atoms with Gasteiger partial charge in [0.1, 0.15) is 5.76 Å². The molecule has 1 aliphatic rings. The minimum Gasteiger partial charge on any atom is -0.493 e. The first-order chi connectivity index (χ1) is 15.6. The largest absolute Gasteiger partial charge is 0.493 e. The van der Waals surface area contributed by atoms with Crippen LogP contribution in [0.3, 0.4) is 0 Å². The van der Waals surface area contributed by atoms with Gasteiger partial charge in [-0.15, -0.1) is 0 Å². The molecule has 1 fully saturated rings. The van der Waals surface area contributed by atoms with E-state index < -0.39 is 0 Å². The van der Waals surface area contributed by atoms with Crippen molar-refractivity contribution in [2.24, 2.45) is 0 Å². The van der Waals surface area contributed by atoms with E-state index in [0.717, 1.165) is 41.9 Å². The number of piperidine rings is 1. The lowest BCUT2D eigenvalue weighted by Crippen LogP contribution is -2.36. The second-order valence-corrected chi connectivity index (χ2v) is 8.55. The van der Waals surface area contributed by atoms with Crippen LogP contribution in [0.25, 0.3) is 10.9 Å². The fraction of sp³-hybridized carbons (Fsp3) is 0.480. The van der Waals surface area contributed by atoms with Gasteiger partial charge in [-0.2, -0.15) is 0 Å². The fourth-order valence-electron chi connectivity index (χ4n) is 4.54. The summed E-state index contributed by atoms with van der Waals surface area (Å²) in [5.74, 6) is 2.18. The van der Waals surface area contributed by atoms with Gasteiger partial charge in [0.15, 0.2) is 11.5 Å². The van der Waals surface area contributed by atoms with Crippen LogP contribution in [0.2, 0.25) is 0 Å². The quantitative estimate of drug-likeness (QED) is 0.506. The number of hydrogen-bond acceptors (Lipinski definition) is 6. The summed E-state index contributed by atoms with van der Waals surface area (Å²) in [6, 6.07) is 9.69. The van der Waals surface area contributed by atoms with Crippen molar-refractivity contribution >= 4 is 10.9 Å². The monoisotopic (exact) mass is 439 g/mol. The van der Waals surface area contributed by atoms with E-state index in [1.54, 1.807) is 20.5 Å². The summed E-state index contributed by atoms with van der Waals surface area (Å²) < 4.78 is 18.4. The molecule has 0 amide bonds. The van der Waals surface area contributed by atoms with E-state index >= 15 is 0 Å². The van der Waals surface area contributed by atoms with Crippen LogP contribution in [0.1, 0.15) is 30.6 Å². The van der Waals surface area contributed by atoms with E-state index in [1.165, 1.54) is 19.3 Å². The van der Waals surface area contributed by atoms with Gasteiger partial charge in [0.2, 0.25) is 0 Å². The normalized spacial score (nSPS) is 14.9. The summed E-state index contributed by atoms with van der Waals surface area (Å²) in [6.45, 7) is 4.91. The summed E-state index contributed by atoms with van der Waals surface area (Å²) in [5, 5.41) is 0.974. The maximum absolute atomic E-state index is 13.6. The van der Waals surface area contributed by atoms with Crippen LogP contribution in [0.15, 0.2) is 45.8 Å². The van der Waals surface area contributed by atoms with Crippen molar-refractivity contribution in [3.05, 3.63) is 58.3 Å². The molecule has 1 saturated heterocycles. The van der Waals surface area contributed by atoms with Gasteiger partial charge in [0.05, 0.1) is 32.5 Å². The van der Waals surface area contributed by atoms with Crippen LogP contribution < -0.4 is 15.0 Å². The maximum Gasteiger partial charge on any atom is 0.255 e. The Morgan fingerprint density at radius 2 is 1.75 bits per heavy atom. The van der Waals surface area contributed by atoms with E-state index in [-0.39, 0.29) is 5.56 Å². The van der Waals surface area contributed by atoms with Crippen LogP contribution >= 0.6 is 0 Å². The number of benzene rings is 1. The van der Waals surface area contributed by atoms with Crippen molar-refractivity contribution in [3.63, 3.8) is 0 Å². The number of methoxy groups -OCH3 is 2. The van der Waals surface area contributed by atoms with Crippen LogP contribution in [-0.2, 0) is 19.6 Å². The topological polar surface area (TPSA) is 60.1 Å². The first-order valence-electron chi connectivity index (χ1n) is 11.3. The Hall–Kier alpha value is -2.77. The van der Waals surface area contributed by atoms with Crippen molar-refractivity contribution in [3.8, 4) is 11.5 Å². The summed E-state index contributed by atoms with van der Waals surface area (Å²) in [7, 11) is 5.25. The molecular weight excluding hydrogens is 406 g/mol. The van der Waals surface area contributed by atoms with Gasteiger partial charge >= 0.3 is 0 Å². The summed E-state index contributed by atoms with van der Waals surface area (Å²) in [6.07, 6.45) is 5.44. The smallest absolute Gasteiger partial charge is 0.255 e. The van der Waals surface area contributed by atoms with Crippen LogP contribution in [0.4, 0.5) is 0 Å². The van der Waals surface area contributed by atoms with Crippen LogP contribution in [0, 0.1) is 0 Å². The van der Waals surface area contributed by atoms with Crippen LogP contribution in [0.5, 0.6) is 11.5 Å². The molecule has 4 rings (SSSR count). The van der Waals surface area contributed by atoms with Crippen molar-refractivity contribution < 1.29 is 13.9 Å². The Morgan fingerprint density at radius 3 is 2.44 bits per heavy atom. The molecule has 3 heterocycles. The molecule has 7 heteroatoms. The number of hydrogen-bond donors (Lipinski definition) is 0. The van der Waals surface area contributed by atoms with Gasteiger partial charge in [0, 0.05) is 36.7 Å². The third-order valence-electron chi connectivity index (χ3n) is 6.21. The predicted octanol–water partition coefficient (Wildman–Crippen LogP) is 3.73. The molecule has 0 saturated carbocycles. The van der Waals surface area contributed by atoms with Gasteiger partial charge in [0.25, 0.3) is 5.56 Å². The highest BCUT2D eigenvalue weighted by molar-refractivity contribution is 5.83. The summed E-state index contributed by atoms with van der Waals surface area (Å²) >= 11 is 0. The molecule has 0 radical (unpaired) electrons. The lowest BCUT2D eigenvalue weighted by atomic mass is 10.1. The van der Waals surface area contributed by atoms with E-state index in [9.17, 15) is 4.79 Å². The van der Waals surface area contributed by atoms with Crippen molar-refractivity contribution in [2.75, 3.05) is 40.9 Å². The standard InChI is InChI=1S/C25H33N3O4/c1-26(18-21-8-7-13-32-21)17-20-14-19-15-23(30-2)24(31-3)16-22(19)28(25(20)29)12-11-27-9-5-4-6-10-27/h7-8,13-16H,4-6,9-12,17-18H2,1-3H3. The molecule has 0 aliphatic carbocycles. The van der Waals surface area contributed by atoms with E-state index in [0.29, 0.717) is 31.1 Å². The summed E-state index contributed by atoms with van der Waals surface area (Å²) in [5.41, 5.74) is 1.69. The maximum atomic E-state index is 13.6. The van der Waals surface area contributed by atoms with E-state index in [2.05, 4.69) is 9.80 Å². The average Bonchev–Trinajstić information content (AvgIpc) is 3.32. The zero-order valence-electron chi connectivity index (χ0n) is 19.3. The lowest BCUT2D eigenvalue weighted by molar-refractivity contribution is 0.220. The molecule has 0 atom stereocenters. The second-order valence-electron chi connectivity index (χ2n) is 8.55. The fourth-order valence-corrected chi connectivity index (χ4v) is 4.54. The zero-order valence-corrected chi connectivity index (χ0v) is 19.3. The Kier molecular flexibility index (Phi) is 7.17. The number of pyridine rings is 1. The molecule has 1 aliphatic heterocycles. The Morgan fingerprint density at radius 1 is 1.00 bits per heavy atom. The van der Waals surface area contributed by atoms with E-state index in [1.807, 2.05) is 41.9 Å². The van der Waals surface area contributed by atoms with Crippen LogP contribution in [-0.4, -0.2) is 55.3 Å². The molecule has 7 nitrogen and oxygen atoms in total. The molecular formula is C25H33N3O4. The first kappa shape index (κ1) is 22.4. The highest BCUT2D eigenvalue weighted by Gasteiger charge is 2.17. The van der Waals surface area contributed by atoms with Crippen molar-refractivity contribution in [1.29, 1.82) is 0 Å². The molecule has 0 unspecified atom stereocenters. The second kappa shape index (κ2) is 10.2. The molecule has 0 N–H and O–H groups in total. The van der Waals surface area contributed by atoms with Crippen molar-refractivity contribution in [2.45, 2.75) is 38.9 Å². The van der Waals surface area contributed by atoms with Crippen molar-refractivity contribution in [1.82, 2.24) is 14.4 Å². The number of nitrogens with zero attached hydrogens (tertiary/aromatic N) is 3. The number of ether oxygens (including phenoxy) is 2. The first-order valence-corrected chi connectivity index (χ1v) is 11.3. The van der Waals surface area contributed by atoms with Gasteiger partial charge in [-0.05, 0) is 57.2 Å². The predicted molar refractivity (Wildman–Crippen MR) is 125 cm³/mol. The molecule has 0 bridgehead atoms. The number of aromatic nitrogens is 1. The molecule has 2 aromatic heterocycles. The minimum absolute atomic E-state index is 0.0491. The van der Waals surface area contributed by atoms with Gasteiger partial charge in [-0.3, -0.25) is 9.69 Å². The number of fused-ring (bicyclic) bond motifs is 1. The summed E-state index contributed by atoms with van der Waals surface area (Å²) in [4.78, 5) is 18.1. The van der Waals surface area contributed by atoms with Gasteiger partial charge in [-0.25, -0.2) is 0 Å². The Bertz CT molecular complexity index is 1080. The zero-order chi connectivity index (χ0) is 22.5. The molecule has 0 spiro atoms. The SMILES string of the molecule is COc1cc2cc(CN(C)Cc3ccco3)c(=O)n(CCN3CCCCC3)c2cc1OC. The number of rotatable bonds is 9. The third kappa shape index (κ3) is 5.00. The third-order valence-corrected chi connectivity index (χ3v) is 6.21. The Balaban J connectivity index is 1.69. The lowest BCUT2D eigenvalue weighted by Gasteiger charge is -2.27. The average molecular weight is 440 g/mol. The molecule has 172 valence electrons. The van der Waals surface area contributed by atoms with Gasteiger partial charge < -0.3 is 23.4 Å². The molecule has 1 aromatic carbocycles. The number of likely N-dealkylation sites (tertiary alicyclic amines) is 1. The van der Waals surface area contributed by atoms with E-state index in [4.69, 9.17) is 13.9 Å². The minimum atomic E-state index is 0.0491. The highest BCUT2D eigenvalue weighted by Crippen LogP contribution is 2.32. The molecule has 32 heavy (non-hydrogen) atoms. The number of furan rings is 1. The van der Waals surface area contributed by atoms with Gasteiger partial charge in [-0.1, -0.05) is 6.42 Å². The molecule has 3 aromatic rings.